The molecule has 1 aromatic heterocycles. The van der Waals surface area contributed by atoms with Crippen LogP contribution >= 0.6 is 0 Å². The molecule has 0 unspecified atom stereocenters. The Kier molecular flexibility index (Phi) is 4.15. The van der Waals surface area contributed by atoms with Gasteiger partial charge in [0.15, 0.2) is 0 Å². The fraction of sp³-hybridized carbons (Fsp3) is 0.105. The van der Waals surface area contributed by atoms with Gasteiger partial charge in [-0.05, 0) is 35.4 Å². The van der Waals surface area contributed by atoms with Gasteiger partial charge in [-0.1, -0.05) is 24.8 Å². The fourth-order valence-electron chi connectivity index (χ4n) is 2.42. The summed E-state index contributed by atoms with van der Waals surface area (Å²) in [6, 6.07) is 14.5. The van der Waals surface area contributed by atoms with Crippen LogP contribution in [-0.2, 0) is 0 Å². The maximum atomic E-state index is 11.9. The van der Waals surface area contributed by atoms with Crippen LogP contribution in [0.25, 0.3) is 22.1 Å². The zero-order valence-corrected chi connectivity index (χ0v) is 12.7. The summed E-state index contributed by atoms with van der Waals surface area (Å²) in [7, 11) is 1.61. The van der Waals surface area contributed by atoms with E-state index in [4.69, 9.17) is 13.9 Å². The van der Waals surface area contributed by atoms with Gasteiger partial charge in [0.25, 0.3) is 0 Å². The Morgan fingerprint density at radius 2 is 2.00 bits per heavy atom. The minimum absolute atomic E-state index is 0.394. The average Bonchev–Trinajstić information content (AvgIpc) is 2.58. The molecule has 0 bridgehead atoms. The van der Waals surface area contributed by atoms with E-state index >= 15 is 0 Å². The smallest absolute Gasteiger partial charge is 0.336 e. The summed E-state index contributed by atoms with van der Waals surface area (Å²) in [5.74, 6) is 1.36. The number of methoxy groups -OCH3 is 1. The van der Waals surface area contributed by atoms with Gasteiger partial charge in [0, 0.05) is 17.5 Å². The zero-order chi connectivity index (χ0) is 16.2. The number of rotatable bonds is 5. The Bertz CT molecular complexity index is 909. The Balaban J connectivity index is 2.16. The SMILES string of the molecule is C=CCOc1ccc2c(-c3cccc(OC)c3)cc(=O)oc2c1. The molecule has 23 heavy (non-hydrogen) atoms. The number of benzene rings is 2. The van der Waals surface area contributed by atoms with Crippen molar-refractivity contribution in [1.29, 1.82) is 0 Å². The average molecular weight is 308 g/mol. The van der Waals surface area contributed by atoms with Gasteiger partial charge in [-0.3, -0.25) is 0 Å². The molecule has 0 N–H and O–H groups in total. The van der Waals surface area contributed by atoms with Crippen molar-refractivity contribution in [3.63, 3.8) is 0 Å². The zero-order valence-electron chi connectivity index (χ0n) is 12.7. The van der Waals surface area contributed by atoms with Crippen molar-refractivity contribution >= 4 is 11.0 Å². The highest BCUT2D eigenvalue weighted by Crippen LogP contribution is 2.31. The molecule has 0 aliphatic carbocycles. The first-order valence-electron chi connectivity index (χ1n) is 7.17. The minimum Gasteiger partial charge on any atom is -0.497 e. The maximum absolute atomic E-state index is 11.9. The van der Waals surface area contributed by atoms with Crippen LogP contribution in [0.15, 0.2) is 70.4 Å². The van der Waals surface area contributed by atoms with Crippen LogP contribution in [0.3, 0.4) is 0 Å². The van der Waals surface area contributed by atoms with E-state index < -0.39 is 5.63 Å². The molecule has 4 nitrogen and oxygen atoms in total. The molecule has 0 aliphatic heterocycles. The van der Waals surface area contributed by atoms with E-state index in [9.17, 15) is 4.79 Å². The van der Waals surface area contributed by atoms with Crippen LogP contribution in [0.4, 0.5) is 0 Å². The number of fused-ring (bicyclic) bond motifs is 1. The van der Waals surface area contributed by atoms with Crippen molar-refractivity contribution in [2.75, 3.05) is 13.7 Å². The van der Waals surface area contributed by atoms with Crippen LogP contribution in [0, 0.1) is 0 Å². The molecule has 0 saturated carbocycles. The molecular formula is C19H16O4. The Hall–Kier alpha value is -3.01. The predicted molar refractivity (Wildman–Crippen MR) is 90.2 cm³/mol. The van der Waals surface area contributed by atoms with E-state index in [-0.39, 0.29) is 0 Å². The minimum atomic E-state index is -0.406. The third-order valence-electron chi connectivity index (χ3n) is 3.46. The standard InChI is InChI=1S/C19H16O4/c1-3-9-22-15-7-8-16-17(12-19(20)23-18(16)11-15)13-5-4-6-14(10-13)21-2/h3-8,10-12H,1,9H2,2H3. The Morgan fingerprint density at radius 3 is 2.78 bits per heavy atom. The normalized spacial score (nSPS) is 10.5. The van der Waals surface area contributed by atoms with Gasteiger partial charge in [-0.15, -0.1) is 0 Å². The van der Waals surface area contributed by atoms with E-state index in [1.165, 1.54) is 6.07 Å². The van der Waals surface area contributed by atoms with Crippen molar-refractivity contribution in [3.05, 3.63) is 71.6 Å². The maximum Gasteiger partial charge on any atom is 0.336 e. The lowest BCUT2D eigenvalue weighted by Gasteiger charge is -2.09. The van der Waals surface area contributed by atoms with Crippen molar-refractivity contribution in [2.24, 2.45) is 0 Å². The highest BCUT2D eigenvalue weighted by molar-refractivity contribution is 5.94. The Labute approximate surface area is 133 Å². The van der Waals surface area contributed by atoms with Gasteiger partial charge in [0.05, 0.1) is 7.11 Å². The van der Waals surface area contributed by atoms with E-state index in [0.29, 0.717) is 17.9 Å². The van der Waals surface area contributed by atoms with Crippen LogP contribution < -0.4 is 15.1 Å². The lowest BCUT2D eigenvalue weighted by Crippen LogP contribution is -1.99. The second kappa shape index (κ2) is 6.40. The van der Waals surface area contributed by atoms with Gasteiger partial charge in [0.1, 0.15) is 23.7 Å². The molecular weight excluding hydrogens is 292 g/mol. The summed E-state index contributed by atoms with van der Waals surface area (Å²) in [5, 5.41) is 0.837. The highest BCUT2D eigenvalue weighted by Gasteiger charge is 2.10. The van der Waals surface area contributed by atoms with Crippen molar-refractivity contribution in [2.45, 2.75) is 0 Å². The third kappa shape index (κ3) is 3.11. The topological polar surface area (TPSA) is 48.7 Å². The van der Waals surface area contributed by atoms with Gasteiger partial charge in [-0.2, -0.15) is 0 Å². The first kappa shape index (κ1) is 14.9. The summed E-state index contributed by atoms with van der Waals surface area (Å²) in [6.07, 6.45) is 1.66. The fourth-order valence-corrected chi connectivity index (χ4v) is 2.42. The van der Waals surface area contributed by atoms with Crippen LogP contribution in [0.5, 0.6) is 11.5 Å². The van der Waals surface area contributed by atoms with E-state index in [1.807, 2.05) is 36.4 Å². The lowest BCUT2D eigenvalue weighted by atomic mass is 10.0. The summed E-state index contributed by atoms with van der Waals surface area (Å²) < 4.78 is 16.0. The van der Waals surface area contributed by atoms with Crippen LogP contribution in [0.2, 0.25) is 0 Å². The van der Waals surface area contributed by atoms with E-state index in [2.05, 4.69) is 6.58 Å². The van der Waals surface area contributed by atoms with Gasteiger partial charge in [0.2, 0.25) is 0 Å². The van der Waals surface area contributed by atoms with E-state index in [1.54, 1.807) is 19.3 Å². The monoisotopic (exact) mass is 308 g/mol. The molecule has 0 aliphatic rings. The largest absolute Gasteiger partial charge is 0.497 e. The molecule has 1 heterocycles. The second-order valence-corrected chi connectivity index (χ2v) is 4.97. The molecule has 2 aromatic carbocycles. The molecule has 0 radical (unpaired) electrons. The quantitative estimate of drug-likeness (QED) is 0.527. The van der Waals surface area contributed by atoms with Crippen molar-refractivity contribution in [1.82, 2.24) is 0 Å². The number of hydrogen-bond donors (Lipinski definition) is 0. The molecule has 0 spiro atoms. The van der Waals surface area contributed by atoms with Gasteiger partial charge in [-0.25, -0.2) is 4.79 Å². The summed E-state index contributed by atoms with van der Waals surface area (Å²) in [4.78, 5) is 11.9. The molecule has 0 atom stereocenters. The molecule has 0 fully saturated rings. The molecule has 3 aromatic rings. The van der Waals surface area contributed by atoms with Crippen LogP contribution in [-0.4, -0.2) is 13.7 Å². The third-order valence-corrected chi connectivity index (χ3v) is 3.46. The van der Waals surface area contributed by atoms with E-state index in [0.717, 1.165) is 22.3 Å². The Morgan fingerprint density at radius 1 is 1.13 bits per heavy atom. The van der Waals surface area contributed by atoms with Gasteiger partial charge >= 0.3 is 5.63 Å². The molecule has 3 rings (SSSR count). The number of ether oxygens (including phenoxy) is 2. The molecule has 116 valence electrons. The summed E-state index contributed by atoms with van der Waals surface area (Å²) in [6.45, 7) is 4.01. The summed E-state index contributed by atoms with van der Waals surface area (Å²) >= 11 is 0. The van der Waals surface area contributed by atoms with Crippen molar-refractivity contribution in [3.8, 4) is 22.6 Å². The second-order valence-electron chi connectivity index (χ2n) is 4.97. The first-order chi connectivity index (χ1) is 11.2. The predicted octanol–water partition coefficient (Wildman–Crippen LogP) is 4.03. The lowest BCUT2D eigenvalue weighted by molar-refractivity contribution is 0.363. The molecule has 0 amide bonds. The van der Waals surface area contributed by atoms with Crippen LogP contribution in [0.1, 0.15) is 0 Å². The summed E-state index contributed by atoms with van der Waals surface area (Å²) in [5.41, 5.74) is 1.76. The molecule has 0 saturated heterocycles. The number of hydrogen-bond acceptors (Lipinski definition) is 4. The van der Waals surface area contributed by atoms with Gasteiger partial charge < -0.3 is 13.9 Å². The first-order valence-corrected chi connectivity index (χ1v) is 7.17. The van der Waals surface area contributed by atoms with Crippen molar-refractivity contribution < 1.29 is 13.9 Å². The highest BCUT2D eigenvalue weighted by atomic mass is 16.5. The molecule has 4 heteroatoms.